The predicted molar refractivity (Wildman–Crippen MR) is 93.4 cm³/mol. The van der Waals surface area contributed by atoms with Gasteiger partial charge in [-0.2, -0.15) is 0 Å². The molecule has 1 saturated heterocycles. The zero-order valence-electron chi connectivity index (χ0n) is 15.1. The van der Waals surface area contributed by atoms with E-state index >= 15 is 0 Å². The Morgan fingerprint density at radius 2 is 1.56 bits per heavy atom. The van der Waals surface area contributed by atoms with E-state index in [2.05, 4.69) is 5.32 Å². The number of hydrogen-bond donors (Lipinski definition) is 1. The van der Waals surface area contributed by atoms with Gasteiger partial charge in [0.2, 0.25) is 17.6 Å². The minimum absolute atomic E-state index is 0.0709. The number of nitrogens with one attached hydrogen (secondary N) is 1. The molecule has 0 bridgehead atoms. The van der Waals surface area contributed by atoms with Crippen molar-refractivity contribution < 1.29 is 23.8 Å². The molecule has 1 fully saturated rings. The van der Waals surface area contributed by atoms with Gasteiger partial charge in [0.05, 0.1) is 27.9 Å². The summed E-state index contributed by atoms with van der Waals surface area (Å²) in [5.41, 5.74) is 0.571. The summed E-state index contributed by atoms with van der Waals surface area (Å²) >= 11 is 0. The van der Waals surface area contributed by atoms with E-state index in [4.69, 9.17) is 14.2 Å². The van der Waals surface area contributed by atoms with Gasteiger partial charge in [-0.1, -0.05) is 0 Å². The van der Waals surface area contributed by atoms with Crippen LogP contribution in [0.4, 0.5) is 5.69 Å². The van der Waals surface area contributed by atoms with Crippen molar-refractivity contribution in [2.45, 2.75) is 6.92 Å². The predicted octanol–water partition coefficient (Wildman–Crippen LogP) is 0.815. The van der Waals surface area contributed by atoms with E-state index in [0.717, 1.165) is 0 Å². The van der Waals surface area contributed by atoms with Crippen LogP contribution < -0.4 is 19.5 Å². The summed E-state index contributed by atoms with van der Waals surface area (Å²) in [5.74, 6) is 1.37. The average Bonchev–Trinajstić information content (AvgIpc) is 2.61. The van der Waals surface area contributed by atoms with E-state index < -0.39 is 0 Å². The zero-order valence-corrected chi connectivity index (χ0v) is 15.1. The first-order valence-corrected chi connectivity index (χ1v) is 8.06. The molecular formula is C17H25N3O5. The number of amides is 2. The molecule has 0 spiro atoms. The van der Waals surface area contributed by atoms with Crippen LogP contribution in [0.2, 0.25) is 0 Å². The summed E-state index contributed by atoms with van der Waals surface area (Å²) in [6.45, 7) is 4.49. The molecule has 0 aromatic heterocycles. The van der Waals surface area contributed by atoms with Gasteiger partial charge in [-0.3, -0.25) is 14.5 Å². The second-order valence-corrected chi connectivity index (χ2v) is 5.74. The first-order valence-electron chi connectivity index (χ1n) is 8.06. The van der Waals surface area contributed by atoms with Gasteiger partial charge in [0.1, 0.15) is 0 Å². The summed E-state index contributed by atoms with van der Waals surface area (Å²) < 4.78 is 15.8. The number of rotatable bonds is 6. The molecule has 1 aromatic carbocycles. The van der Waals surface area contributed by atoms with Crippen LogP contribution in [0.1, 0.15) is 6.92 Å². The van der Waals surface area contributed by atoms with Crippen LogP contribution in [-0.4, -0.2) is 75.7 Å². The quantitative estimate of drug-likeness (QED) is 0.817. The molecule has 0 radical (unpaired) electrons. The van der Waals surface area contributed by atoms with Crippen LogP contribution in [0.15, 0.2) is 12.1 Å². The Hall–Kier alpha value is -2.48. The van der Waals surface area contributed by atoms with Gasteiger partial charge in [0.25, 0.3) is 0 Å². The maximum absolute atomic E-state index is 12.3. The highest BCUT2D eigenvalue weighted by Crippen LogP contribution is 2.39. The Balaban J connectivity index is 1.98. The van der Waals surface area contributed by atoms with Crippen LogP contribution >= 0.6 is 0 Å². The van der Waals surface area contributed by atoms with E-state index in [0.29, 0.717) is 49.1 Å². The van der Waals surface area contributed by atoms with Gasteiger partial charge < -0.3 is 24.4 Å². The van der Waals surface area contributed by atoms with Crippen LogP contribution in [0.3, 0.4) is 0 Å². The lowest BCUT2D eigenvalue weighted by Gasteiger charge is -2.33. The van der Waals surface area contributed by atoms with Gasteiger partial charge in [-0.25, -0.2) is 0 Å². The van der Waals surface area contributed by atoms with E-state index in [-0.39, 0.29) is 18.4 Å². The molecule has 1 aliphatic rings. The lowest BCUT2D eigenvalue weighted by Crippen LogP contribution is -2.49. The first-order chi connectivity index (χ1) is 12.0. The van der Waals surface area contributed by atoms with Crippen molar-refractivity contribution in [2.24, 2.45) is 0 Å². The van der Waals surface area contributed by atoms with E-state index in [1.54, 1.807) is 24.0 Å². The zero-order chi connectivity index (χ0) is 18.4. The molecule has 0 atom stereocenters. The van der Waals surface area contributed by atoms with Crippen LogP contribution in [-0.2, 0) is 9.59 Å². The molecule has 1 heterocycles. The largest absolute Gasteiger partial charge is 0.493 e. The smallest absolute Gasteiger partial charge is 0.238 e. The van der Waals surface area contributed by atoms with Crippen molar-refractivity contribution in [3.63, 3.8) is 0 Å². The summed E-state index contributed by atoms with van der Waals surface area (Å²) in [6, 6.07) is 3.37. The van der Waals surface area contributed by atoms with Gasteiger partial charge in [0, 0.05) is 50.9 Å². The normalized spacial score (nSPS) is 14.8. The average molecular weight is 351 g/mol. The fourth-order valence-electron chi connectivity index (χ4n) is 2.78. The topological polar surface area (TPSA) is 80.3 Å². The summed E-state index contributed by atoms with van der Waals surface area (Å²) in [6.07, 6.45) is 0. The molecule has 8 heteroatoms. The number of hydrogen-bond acceptors (Lipinski definition) is 6. The fourth-order valence-corrected chi connectivity index (χ4v) is 2.78. The molecule has 2 amide bonds. The lowest BCUT2D eigenvalue weighted by molar-refractivity contribution is -0.130. The number of methoxy groups -OCH3 is 3. The van der Waals surface area contributed by atoms with Crippen molar-refractivity contribution in [1.82, 2.24) is 9.80 Å². The number of piperazine rings is 1. The molecule has 1 aromatic rings. The molecule has 2 rings (SSSR count). The second kappa shape index (κ2) is 8.57. The fraction of sp³-hybridized carbons (Fsp3) is 0.529. The van der Waals surface area contributed by atoms with Crippen molar-refractivity contribution in [3.05, 3.63) is 12.1 Å². The van der Waals surface area contributed by atoms with Crippen molar-refractivity contribution in [3.8, 4) is 17.2 Å². The van der Waals surface area contributed by atoms with Crippen molar-refractivity contribution in [1.29, 1.82) is 0 Å². The molecule has 0 saturated carbocycles. The first kappa shape index (κ1) is 18.9. The molecule has 0 aliphatic carbocycles. The molecule has 1 aliphatic heterocycles. The summed E-state index contributed by atoms with van der Waals surface area (Å²) in [4.78, 5) is 27.4. The van der Waals surface area contributed by atoms with E-state index in [1.807, 2.05) is 4.90 Å². The molecule has 1 N–H and O–H groups in total. The molecule has 138 valence electrons. The molecular weight excluding hydrogens is 326 g/mol. The van der Waals surface area contributed by atoms with E-state index in [9.17, 15) is 9.59 Å². The second-order valence-electron chi connectivity index (χ2n) is 5.74. The highest BCUT2D eigenvalue weighted by Gasteiger charge is 2.21. The Morgan fingerprint density at radius 1 is 1.00 bits per heavy atom. The highest BCUT2D eigenvalue weighted by molar-refractivity contribution is 5.93. The van der Waals surface area contributed by atoms with Crippen LogP contribution in [0.5, 0.6) is 17.2 Å². The number of anilines is 1. The summed E-state index contributed by atoms with van der Waals surface area (Å²) in [5, 5.41) is 2.85. The lowest BCUT2D eigenvalue weighted by atomic mass is 10.2. The van der Waals surface area contributed by atoms with Crippen LogP contribution in [0.25, 0.3) is 0 Å². The maximum Gasteiger partial charge on any atom is 0.238 e. The Bertz CT molecular complexity index is 602. The van der Waals surface area contributed by atoms with Crippen LogP contribution in [0, 0.1) is 0 Å². The third kappa shape index (κ3) is 4.76. The number of nitrogens with zero attached hydrogens (tertiary/aromatic N) is 2. The SMILES string of the molecule is COc1cc(NC(=O)CN2CCN(C(C)=O)CC2)cc(OC)c1OC. The Kier molecular flexibility index (Phi) is 6.46. The monoisotopic (exact) mass is 351 g/mol. The maximum atomic E-state index is 12.3. The number of ether oxygens (including phenoxy) is 3. The number of benzene rings is 1. The number of carbonyl (C=O) groups excluding carboxylic acids is 2. The standard InChI is InChI=1S/C17H25N3O5/c1-12(21)20-7-5-19(6-8-20)11-16(22)18-13-9-14(23-2)17(25-4)15(10-13)24-3/h9-10H,5-8,11H2,1-4H3,(H,18,22). The van der Waals surface area contributed by atoms with Gasteiger partial charge in [0.15, 0.2) is 11.5 Å². The summed E-state index contributed by atoms with van der Waals surface area (Å²) in [7, 11) is 4.58. The third-order valence-corrected chi connectivity index (χ3v) is 4.13. The van der Waals surface area contributed by atoms with Gasteiger partial charge >= 0.3 is 0 Å². The third-order valence-electron chi connectivity index (χ3n) is 4.13. The molecule has 0 unspecified atom stereocenters. The van der Waals surface area contributed by atoms with Crippen molar-refractivity contribution in [2.75, 3.05) is 59.4 Å². The minimum atomic E-state index is -0.134. The molecule has 25 heavy (non-hydrogen) atoms. The Morgan fingerprint density at radius 3 is 2.00 bits per heavy atom. The van der Waals surface area contributed by atoms with E-state index in [1.165, 1.54) is 21.3 Å². The minimum Gasteiger partial charge on any atom is -0.493 e. The molecule has 8 nitrogen and oxygen atoms in total. The van der Waals surface area contributed by atoms with Crippen molar-refractivity contribution >= 4 is 17.5 Å². The Labute approximate surface area is 147 Å². The van der Waals surface area contributed by atoms with Gasteiger partial charge in [-0.15, -0.1) is 0 Å². The van der Waals surface area contributed by atoms with Gasteiger partial charge in [-0.05, 0) is 0 Å². The number of carbonyl (C=O) groups is 2. The highest BCUT2D eigenvalue weighted by atomic mass is 16.5.